The molecule has 0 aliphatic heterocycles. The third-order valence-corrected chi connectivity index (χ3v) is 5.76. The first-order chi connectivity index (χ1) is 18.9. The Morgan fingerprint density at radius 2 is 1.55 bits per heavy atom. The minimum Gasteiger partial charge on any atom is -0.481 e. The number of imidazole rings is 1. The standard InChI is InChI=1S/C23H40N10O7/c24-8-2-1-4-14(25)19(36)33-17(10-13-11-28-12-30-13)21(38)31-15(5-3-9-29-23(26)27)20(37)32-16(22(39)40)6-7-18(34)35/h11-12,14-17H,1-10,24-25H2,(H,28,30)(H,31,38)(H,32,37)(H,33,36)(H,34,35)(H,39,40)(H4,26,27,29). The summed E-state index contributed by atoms with van der Waals surface area (Å²) < 4.78 is 0. The van der Waals surface area contributed by atoms with Crippen LogP contribution < -0.4 is 38.9 Å². The molecule has 0 spiro atoms. The summed E-state index contributed by atoms with van der Waals surface area (Å²) >= 11 is 0. The van der Waals surface area contributed by atoms with E-state index < -0.39 is 60.2 Å². The fourth-order valence-corrected chi connectivity index (χ4v) is 3.59. The number of aliphatic imine (C=N–C) groups is 1. The summed E-state index contributed by atoms with van der Waals surface area (Å²) in [5.41, 5.74) is 22.6. The van der Waals surface area contributed by atoms with Crippen LogP contribution in [0.15, 0.2) is 17.5 Å². The second-order valence-corrected chi connectivity index (χ2v) is 9.07. The Balaban J connectivity index is 3.08. The fraction of sp³-hybridized carbons (Fsp3) is 0.609. The molecule has 0 aromatic carbocycles. The van der Waals surface area contributed by atoms with E-state index in [1.165, 1.54) is 12.5 Å². The molecule has 3 amide bonds. The van der Waals surface area contributed by atoms with Crippen molar-refractivity contribution >= 4 is 35.6 Å². The van der Waals surface area contributed by atoms with E-state index in [-0.39, 0.29) is 38.2 Å². The van der Waals surface area contributed by atoms with Gasteiger partial charge < -0.3 is 54.1 Å². The van der Waals surface area contributed by atoms with Crippen molar-refractivity contribution in [3.63, 3.8) is 0 Å². The third-order valence-electron chi connectivity index (χ3n) is 5.76. The van der Waals surface area contributed by atoms with E-state index in [1.807, 2.05) is 0 Å². The van der Waals surface area contributed by atoms with Crippen LogP contribution in [0.3, 0.4) is 0 Å². The van der Waals surface area contributed by atoms with E-state index in [0.29, 0.717) is 31.5 Å². The molecule has 1 heterocycles. The van der Waals surface area contributed by atoms with Crippen LogP contribution in [0.4, 0.5) is 0 Å². The number of carbonyl (C=O) groups is 5. The monoisotopic (exact) mass is 568 g/mol. The van der Waals surface area contributed by atoms with Crippen LogP contribution in [0.2, 0.25) is 0 Å². The number of carboxylic acid groups (broad SMARTS) is 2. The number of nitrogens with one attached hydrogen (secondary N) is 4. The van der Waals surface area contributed by atoms with Crippen molar-refractivity contribution in [2.24, 2.45) is 27.9 Å². The number of rotatable bonds is 20. The molecule has 1 aromatic rings. The van der Waals surface area contributed by atoms with Crippen LogP contribution >= 0.6 is 0 Å². The zero-order valence-electron chi connectivity index (χ0n) is 22.2. The molecule has 0 aliphatic rings. The van der Waals surface area contributed by atoms with E-state index in [4.69, 9.17) is 28.0 Å². The van der Waals surface area contributed by atoms with Crippen LogP contribution in [0.5, 0.6) is 0 Å². The van der Waals surface area contributed by atoms with Crippen LogP contribution in [-0.2, 0) is 30.4 Å². The Bertz CT molecular complexity index is 998. The van der Waals surface area contributed by atoms with E-state index in [0.717, 1.165) is 0 Å². The van der Waals surface area contributed by atoms with Gasteiger partial charge in [0, 0.05) is 31.3 Å². The van der Waals surface area contributed by atoms with Crippen LogP contribution in [-0.4, -0.2) is 93.1 Å². The second kappa shape index (κ2) is 18.1. The van der Waals surface area contributed by atoms with Crippen LogP contribution in [0.1, 0.15) is 50.6 Å². The zero-order chi connectivity index (χ0) is 30.1. The van der Waals surface area contributed by atoms with Crippen molar-refractivity contribution < 1.29 is 34.2 Å². The Morgan fingerprint density at radius 1 is 0.900 bits per heavy atom. The summed E-state index contributed by atoms with van der Waals surface area (Å²) in [5.74, 6) is -5.02. The molecular weight excluding hydrogens is 528 g/mol. The first-order valence-electron chi connectivity index (χ1n) is 12.8. The largest absolute Gasteiger partial charge is 0.481 e. The van der Waals surface area contributed by atoms with Crippen LogP contribution in [0, 0.1) is 0 Å². The highest BCUT2D eigenvalue weighted by molar-refractivity contribution is 5.94. The van der Waals surface area contributed by atoms with Crippen LogP contribution in [0.25, 0.3) is 0 Å². The number of guanidine groups is 1. The van der Waals surface area contributed by atoms with Gasteiger partial charge in [-0.15, -0.1) is 0 Å². The number of carboxylic acids is 2. The van der Waals surface area contributed by atoms with Crippen molar-refractivity contribution in [3.8, 4) is 0 Å². The molecule has 224 valence electrons. The van der Waals surface area contributed by atoms with Gasteiger partial charge in [0.05, 0.1) is 12.4 Å². The summed E-state index contributed by atoms with van der Waals surface area (Å²) in [6, 6.07) is -4.82. The smallest absolute Gasteiger partial charge is 0.326 e. The highest BCUT2D eigenvalue weighted by Crippen LogP contribution is 2.07. The summed E-state index contributed by atoms with van der Waals surface area (Å²) in [5, 5.41) is 25.7. The molecule has 0 fully saturated rings. The highest BCUT2D eigenvalue weighted by atomic mass is 16.4. The van der Waals surface area contributed by atoms with Crippen molar-refractivity contribution in [1.82, 2.24) is 25.9 Å². The number of hydrogen-bond donors (Lipinski definition) is 10. The molecule has 4 unspecified atom stereocenters. The number of nitrogens with two attached hydrogens (primary N) is 4. The SMILES string of the molecule is NCCCCC(N)C(=O)NC(Cc1cnc[nH]1)C(=O)NC(CCCN=C(N)N)C(=O)NC(CCC(=O)O)C(=O)O. The van der Waals surface area contributed by atoms with Gasteiger partial charge in [-0.2, -0.15) is 0 Å². The zero-order valence-corrected chi connectivity index (χ0v) is 22.2. The average Bonchev–Trinajstić information content (AvgIpc) is 3.40. The van der Waals surface area contributed by atoms with Crippen molar-refractivity contribution in [3.05, 3.63) is 18.2 Å². The Hall–Kier alpha value is -4.25. The van der Waals surface area contributed by atoms with Crippen molar-refractivity contribution in [2.45, 2.75) is 75.5 Å². The molecule has 0 bridgehead atoms. The predicted molar refractivity (Wildman–Crippen MR) is 143 cm³/mol. The lowest BCUT2D eigenvalue weighted by molar-refractivity contribution is -0.143. The summed E-state index contributed by atoms with van der Waals surface area (Å²) in [4.78, 5) is 72.1. The Kier molecular flexibility index (Phi) is 15.3. The number of hydrogen-bond acceptors (Lipinski definition) is 9. The molecule has 0 aliphatic carbocycles. The van der Waals surface area contributed by atoms with Gasteiger partial charge in [-0.05, 0) is 38.6 Å². The number of amides is 3. The highest BCUT2D eigenvalue weighted by Gasteiger charge is 2.30. The molecule has 17 heteroatoms. The number of carbonyl (C=O) groups excluding carboxylic acids is 3. The quantitative estimate of drug-likeness (QED) is 0.0424. The first-order valence-corrected chi connectivity index (χ1v) is 12.8. The number of aliphatic carboxylic acids is 2. The maximum absolute atomic E-state index is 13.3. The predicted octanol–water partition coefficient (Wildman–Crippen LogP) is -3.13. The summed E-state index contributed by atoms with van der Waals surface area (Å²) in [6.07, 6.45) is 3.87. The summed E-state index contributed by atoms with van der Waals surface area (Å²) in [7, 11) is 0. The van der Waals surface area contributed by atoms with Gasteiger partial charge in [0.25, 0.3) is 0 Å². The Labute approximate surface area is 230 Å². The number of aromatic nitrogens is 2. The normalized spacial score (nSPS) is 13.8. The molecule has 1 aromatic heterocycles. The Morgan fingerprint density at radius 3 is 2.12 bits per heavy atom. The third kappa shape index (κ3) is 13.5. The topological polar surface area (TPSA) is 307 Å². The molecule has 4 atom stereocenters. The minimum absolute atomic E-state index is 0.00293. The maximum Gasteiger partial charge on any atom is 0.326 e. The van der Waals surface area contributed by atoms with Gasteiger partial charge in [0.15, 0.2) is 5.96 Å². The van der Waals surface area contributed by atoms with Gasteiger partial charge in [0.2, 0.25) is 17.7 Å². The van der Waals surface area contributed by atoms with E-state index in [9.17, 15) is 29.1 Å². The van der Waals surface area contributed by atoms with Gasteiger partial charge in [-0.1, -0.05) is 6.42 Å². The van der Waals surface area contributed by atoms with E-state index in [2.05, 4.69) is 30.9 Å². The average molecular weight is 569 g/mol. The number of H-pyrrole nitrogens is 1. The number of nitrogens with zero attached hydrogens (tertiary/aromatic N) is 2. The van der Waals surface area contributed by atoms with Gasteiger partial charge in [-0.3, -0.25) is 24.2 Å². The lowest BCUT2D eigenvalue weighted by atomic mass is 10.0. The fourth-order valence-electron chi connectivity index (χ4n) is 3.59. The minimum atomic E-state index is -1.51. The first kappa shape index (κ1) is 33.8. The van der Waals surface area contributed by atoms with Gasteiger partial charge in [-0.25, -0.2) is 9.78 Å². The van der Waals surface area contributed by atoms with Crippen molar-refractivity contribution in [2.75, 3.05) is 13.1 Å². The molecule has 14 N–H and O–H groups in total. The van der Waals surface area contributed by atoms with Crippen molar-refractivity contribution in [1.29, 1.82) is 0 Å². The number of aromatic amines is 1. The maximum atomic E-state index is 13.3. The van der Waals surface area contributed by atoms with Gasteiger partial charge in [0.1, 0.15) is 18.1 Å². The van der Waals surface area contributed by atoms with E-state index in [1.54, 1.807) is 0 Å². The molecule has 1 rings (SSSR count). The number of unbranched alkanes of at least 4 members (excludes halogenated alkanes) is 1. The molecule has 0 saturated carbocycles. The lowest BCUT2D eigenvalue weighted by Gasteiger charge is -2.25. The molecule has 17 nitrogen and oxygen atoms in total. The molecular formula is C23H40N10O7. The molecule has 40 heavy (non-hydrogen) atoms. The second-order valence-electron chi connectivity index (χ2n) is 9.07. The lowest BCUT2D eigenvalue weighted by Crippen LogP contribution is -2.57. The molecule has 0 saturated heterocycles. The van der Waals surface area contributed by atoms with Gasteiger partial charge >= 0.3 is 11.9 Å². The molecule has 0 radical (unpaired) electrons. The summed E-state index contributed by atoms with van der Waals surface area (Å²) in [6.45, 7) is 0.570. The van der Waals surface area contributed by atoms with E-state index >= 15 is 0 Å².